The van der Waals surface area contributed by atoms with Crippen LogP contribution in [0.4, 0.5) is 22.1 Å². The lowest BCUT2D eigenvalue weighted by molar-refractivity contribution is 0.0602. The van der Waals surface area contributed by atoms with Crippen molar-refractivity contribution >= 4 is 29.3 Å². The van der Waals surface area contributed by atoms with Gasteiger partial charge in [-0.05, 0) is 67.4 Å². The average molecular weight is 606 g/mol. The molecule has 1 saturated heterocycles. The third-order valence-electron chi connectivity index (χ3n) is 8.56. The number of carbonyl (C=O) groups excluding carboxylic acids is 2. The number of esters is 1. The van der Waals surface area contributed by atoms with E-state index in [0.29, 0.717) is 17.3 Å². The largest absolute Gasteiger partial charge is 0.465 e. The topological polar surface area (TPSA) is 112 Å². The number of para-hydroxylation sites is 1. The fourth-order valence-electron chi connectivity index (χ4n) is 6.06. The Morgan fingerprint density at radius 3 is 2.49 bits per heavy atom. The SMILES string of the molecule is COC(=O)c1ccccc1NC(=O)Nc1ccc(C2Cc3cnc(NCCCN4CCN(C)CC4)nc3-c3ccccc32)cc1. The number of aromatic nitrogens is 2. The maximum atomic E-state index is 12.7. The van der Waals surface area contributed by atoms with E-state index in [1.807, 2.05) is 30.5 Å². The number of ether oxygens (including phenoxy) is 1. The average Bonchev–Trinajstić information content (AvgIpc) is 3.07. The Morgan fingerprint density at radius 2 is 1.69 bits per heavy atom. The molecule has 1 aromatic heterocycles. The third-order valence-corrected chi connectivity index (χ3v) is 8.56. The van der Waals surface area contributed by atoms with Crippen molar-refractivity contribution in [3.05, 3.63) is 101 Å². The minimum atomic E-state index is -0.515. The summed E-state index contributed by atoms with van der Waals surface area (Å²) >= 11 is 0. The predicted octanol–water partition coefficient (Wildman–Crippen LogP) is 5.31. The molecule has 6 rings (SSSR count). The van der Waals surface area contributed by atoms with Crippen molar-refractivity contribution in [3.8, 4) is 11.3 Å². The number of likely N-dealkylation sites (N-methyl/N-ethyl adjacent to an activating group) is 1. The van der Waals surface area contributed by atoms with Crippen LogP contribution < -0.4 is 16.0 Å². The number of carbonyl (C=O) groups is 2. The highest BCUT2D eigenvalue weighted by Gasteiger charge is 2.27. The highest BCUT2D eigenvalue weighted by atomic mass is 16.5. The van der Waals surface area contributed by atoms with Gasteiger partial charge in [0.25, 0.3) is 0 Å². The lowest BCUT2D eigenvalue weighted by atomic mass is 9.78. The van der Waals surface area contributed by atoms with Crippen LogP contribution in [0.15, 0.2) is 79.0 Å². The highest BCUT2D eigenvalue weighted by molar-refractivity contribution is 6.05. The standard InChI is InChI=1S/C35H39N7O3/c1-41-18-20-42(21-19-41)17-7-16-36-34-37-23-25-22-30(27-8-3-4-9-28(27)32(25)40-34)24-12-14-26(15-13-24)38-35(44)39-31-11-6-5-10-29(31)33(43)45-2/h3-6,8-15,23,30H,7,16-22H2,1-2H3,(H,36,37,40)(H2,38,39,44). The zero-order valence-electron chi connectivity index (χ0n) is 25.8. The Hall–Kier alpha value is -4.80. The number of methoxy groups -OCH3 is 1. The number of fused-ring (bicyclic) bond motifs is 3. The monoisotopic (exact) mass is 605 g/mol. The number of benzene rings is 3. The van der Waals surface area contributed by atoms with Crippen molar-refractivity contribution in [2.24, 2.45) is 0 Å². The van der Waals surface area contributed by atoms with E-state index >= 15 is 0 Å². The van der Waals surface area contributed by atoms with Gasteiger partial charge in [0, 0.05) is 56.1 Å². The summed E-state index contributed by atoms with van der Waals surface area (Å²) in [6.07, 6.45) is 3.80. The number of nitrogens with zero attached hydrogens (tertiary/aromatic N) is 4. The predicted molar refractivity (Wildman–Crippen MR) is 177 cm³/mol. The first-order chi connectivity index (χ1) is 22.0. The van der Waals surface area contributed by atoms with Crippen LogP contribution in [0.5, 0.6) is 0 Å². The van der Waals surface area contributed by atoms with Gasteiger partial charge in [0.2, 0.25) is 5.95 Å². The van der Waals surface area contributed by atoms with Crippen molar-refractivity contribution in [3.63, 3.8) is 0 Å². The van der Waals surface area contributed by atoms with Crippen LogP contribution in [0.3, 0.4) is 0 Å². The summed E-state index contributed by atoms with van der Waals surface area (Å²) in [5, 5.41) is 9.04. The summed E-state index contributed by atoms with van der Waals surface area (Å²) in [6, 6.07) is 22.6. The van der Waals surface area contributed by atoms with Gasteiger partial charge in [-0.3, -0.25) is 0 Å². The van der Waals surface area contributed by atoms with E-state index in [4.69, 9.17) is 9.72 Å². The number of hydrogen-bond donors (Lipinski definition) is 3. The Balaban J connectivity index is 1.10. The molecule has 3 aromatic carbocycles. The number of urea groups is 1. The second-order valence-corrected chi connectivity index (χ2v) is 11.6. The molecule has 2 heterocycles. The van der Waals surface area contributed by atoms with Gasteiger partial charge >= 0.3 is 12.0 Å². The minimum absolute atomic E-state index is 0.134. The summed E-state index contributed by atoms with van der Waals surface area (Å²) in [6.45, 7) is 6.45. The number of hydrogen-bond acceptors (Lipinski definition) is 8. The molecular formula is C35H39N7O3. The number of piperazine rings is 1. The molecule has 1 aliphatic heterocycles. The molecule has 10 nitrogen and oxygen atoms in total. The minimum Gasteiger partial charge on any atom is -0.465 e. The fourth-order valence-corrected chi connectivity index (χ4v) is 6.06. The van der Waals surface area contributed by atoms with E-state index in [1.165, 1.54) is 12.7 Å². The number of nitrogens with one attached hydrogen (secondary N) is 3. The van der Waals surface area contributed by atoms with Gasteiger partial charge in [0.15, 0.2) is 0 Å². The molecule has 45 heavy (non-hydrogen) atoms. The molecule has 1 fully saturated rings. The van der Waals surface area contributed by atoms with E-state index in [9.17, 15) is 9.59 Å². The number of rotatable bonds is 9. The molecule has 1 unspecified atom stereocenters. The van der Waals surface area contributed by atoms with Crippen molar-refractivity contribution in [2.75, 3.05) is 69.4 Å². The van der Waals surface area contributed by atoms with Crippen LogP contribution in [-0.2, 0) is 11.2 Å². The van der Waals surface area contributed by atoms with Gasteiger partial charge in [-0.2, -0.15) is 0 Å². The molecular weight excluding hydrogens is 566 g/mol. The number of anilines is 3. The van der Waals surface area contributed by atoms with Gasteiger partial charge in [0.1, 0.15) is 0 Å². The zero-order valence-corrected chi connectivity index (χ0v) is 25.8. The second-order valence-electron chi connectivity index (χ2n) is 11.6. The van der Waals surface area contributed by atoms with Crippen molar-refractivity contribution in [1.29, 1.82) is 0 Å². The molecule has 0 radical (unpaired) electrons. The third kappa shape index (κ3) is 7.13. The molecule has 2 aliphatic rings. The van der Waals surface area contributed by atoms with E-state index in [-0.39, 0.29) is 11.5 Å². The first-order valence-electron chi connectivity index (χ1n) is 15.4. The van der Waals surface area contributed by atoms with Gasteiger partial charge in [-0.25, -0.2) is 19.6 Å². The van der Waals surface area contributed by atoms with E-state index < -0.39 is 12.0 Å². The Morgan fingerprint density at radius 1 is 0.933 bits per heavy atom. The van der Waals surface area contributed by atoms with Gasteiger partial charge in [0.05, 0.1) is 24.1 Å². The summed E-state index contributed by atoms with van der Waals surface area (Å²) in [5.41, 5.74) is 6.90. The molecule has 232 valence electrons. The van der Waals surface area contributed by atoms with E-state index in [2.05, 4.69) is 62.0 Å². The van der Waals surface area contributed by atoms with Crippen molar-refractivity contribution in [1.82, 2.24) is 19.8 Å². The van der Waals surface area contributed by atoms with Crippen LogP contribution in [0.1, 0.15) is 39.4 Å². The van der Waals surface area contributed by atoms with E-state index in [1.54, 1.807) is 24.3 Å². The molecule has 1 aliphatic carbocycles. The summed E-state index contributed by atoms with van der Waals surface area (Å²) in [4.78, 5) is 39.3. The Kier molecular flexibility index (Phi) is 9.33. The zero-order chi connectivity index (χ0) is 31.2. The van der Waals surface area contributed by atoms with Gasteiger partial charge < -0.3 is 30.5 Å². The van der Waals surface area contributed by atoms with Crippen molar-refractivity contribution < 1.29 is 14.3 Å². The Labute approximate surface area is 263 Å². The van der Waals surface area contributed by atoms with Crippen molar-refractivity contribution in [2.45, 2.75) is 18.8 Å². The maximum Gasteiger partial charge on any atom is 0.339 e. The molecule has 2 amide bonds. The lowest BCUT2D eigenvalue weighted by Crippen LogP contribution is -2.44. The van der Waals surface area contributed by atoms with Crippen LogP contribution in [0, 0.1) is 0 Å². The molecule has 0 spiro atoms. The summed E-state index contributed by atoms with van der Waals surface area (Å²) < 4.78 is 4.82. The van der Waals surface area contributed by atoms with Crippen LogP contribution in [0.2, 0.25) is 0 Å². The quantitative estimate of drug-likeness (QED) is 0.174. The Bertz CT molecular complexity index is 1650. The molecule has 0 saturated carbocycles. The van der Waals surface area contributed by atoms with Crippen LogP contribution in [-0.4, -0.2) is 85.2 Å². The second kappa shape index (κ2) is 13.9. The smallest absolute Gasteiger partial charge is 0.339 e. The first kappa shape index (κ1) is 30.2. The first-order valence-corrected chi connectivity index (χ1v) is 15.4. The normalized spacial score (nSPS) is 16.3. The number of amides is 2. The maximum absolute atomic E-state index is 12.7. The highest BCUT2D eigenvalue weighted by Crippen LogP contribution is 2.42. The molecule has 10 heteroatoms. The van der Waals surface area contributed by atoms with Gasteiger partial charge in [-0.1, -0.05) is 48.5 Å². The molecule has 4 aromatic rings. The summed E-state index contributed by atoms with van der Waals surface area (Å²) in [5.74, 6) is 0.289. The molecule has 1 atom stereocenters. The lowest BCUT2D eigenvalue weighted by Gasteiger charge is -2.32. The summed E-state index contributed by atoms with van der Waals surface area (Å²) in [7, 11) is 3.49. The van der Waals surface area contributed by atoms with Crippen LogP contribution in [0.25, 0.3) is 11.3 Å². The van der Waals surface area contributed by atoms with Gasteiger partial charge in [-0.15, -0.1) is 0 Å². The molecule has 0 bridgehead atoms. The fraction of sp³-hybridized carbons (Fsp3) is 0.314. The molecule has 3 N–H and O–H groups in total. The van der Waals surface area contributed by atoms with E-state index in [0.717, 1.165) is 74.5 Å². The van der Waals surface area contributed by atoms with Crippen LogP contribution >= 0.6 is 0 Å².